The highest BCUT2D eigenvalue weighted by atomic mass is 35.5. The van der Waals surface area contributed by atoms with Crippen LogP contribution >= 0.6 is 11.6 Å². The molecule has 1 N–H and O–H groups in total. The van der Waals surface area contributed by atoms with E-state index in [1.54, 1.807) is 0 Å². The van der Waals surface area contributed by atoms with Gasteiger partial charge in [0.1, 0.15) is 6.10 Å². The van der Waals surface area contributed by atoms with Gasteiger partial charge in [-0.1, -0.05) is 11.6 Å². The fraction of sp³-hybridized carbons (Fsp3) is 0.500. The van der Waals surface area contributed by atoms with Crippen LogP contribution in [-0.2, 0) is 0 Å². The molecule has 0 radical (unpaired) electrons. The number of hydrogen-bond donors (Lipinski definition) is 1. The highest BCUT2D eigenvalue weighted by Gasteiger charge is 2.16. The summed E-state index contributed by atoms with van der Waals surface area (Å²) in [5, 5.41) is 3.72. The van der Waals surface area contributed by atoms with Crippen molar-refractivity contribution >= 4 is 11.6 Å². The Kier molecular flexibility index (Phi) is 2.61. The van der Waals surface area contributed by atoms with Crippen LogP contribution in [0.15, 0.2) is 12.4 Å². The second kappa shape index (κ2) is 3.89. The Morgan fingerprint density at radius 2 is 2.23 bits per heavy atom. The van der Waals surface area contributed by atoms with Crippen molar-refractivity contribution in [3.8, 4) is 6.01 Å². The minimum absolute atomic E-state index is 0.196. The lowest BCUT2D eigenvalue weighted by atomic mass is 10.3. The van der Waals surface area contributed by atoms with Crippen molar-refractivity contribution < 1.29 is 4.74 Å². The molecule has 1 aliphatic rings. The molecule has 1 aromatic heterocycles. The molecule has 0 aliphatic carbocycles. The summed E-state index contributed by atoms with van der Waals surface area (Å²) in [6, 6.07) is 0.401. The molecule has 70 valence electrons. The van der Waals surface area contributed by atoms with Crippen LogP contribution in [0.2, 0.25) is 5.02 Å². The molecular weight excluding hydrogens is 190 g/mol. The Hall–Kier alpha value is -0.870. The molecule has 0 saturated carbocycles. The van der Waals surface area contributed by atoms with E-state index in [1.165, 1.54) is 12.4 Å². The lowest BCUT2D eigenvalue weighted by molar-refractivity contribution is 0.204. The van der Waals surface area contributed by atoms with Crippen LogP contribution in [0.1, 0.15) is 6.42 Å². The molecule has 0 bridgehead atoms. The fourth-order valence-electron chi connectivity index (χ4n) is 1.24. The Morgan fingerprint density at radius 1 is 1.46 bits per heavy atom. The van der Waals surface area contributed by atoms with E-state index in [0.29, 0.717) is 11.0 Å². The Morgan fingerprint density at radius 3 is 2.85 bits per heavy atom. The number of nitrogens with zero attached hydrogens (tertiary/aromatic N) is 2. The Labute approximate surface area is 81.3 Å². The molecule has 1 saturated heterocycles. The van der Waals surface area contributed by atoms with E-state index in [0.717, 1.165) is 19.5 Å². The number of ether oxygens (including phenoxy) is 1. The van der Waals surface area contributed by atoms with Gasteiger partial charge >= 0.3 is 6.01 Å². The molecule has 1 aliphatic heterocycles. The maximum atomic E-state index is 5.64. The van der Waals surface area contributed by atoms with Crippen molar-refractivity contribution in [1.29, 1.82) is 0 Å². The highest BCUT2D eigenvalue weighted by Crippen LogP contribution is 2.11. The van der Waals surface area contributed by atoms with Crippen molar-refractivity contribution in [2.24, 2.45) is 0 Å². The summed E-state index contributed by atoms with van der Waals surface area (Å²) in [5.41, 5.74) is 0. The normalized spacial score (nSPS) is 21.8. The van der Waals surface area contributed by atoms with Crippen LogP contribution in [0, 0.1) is 0 Å². The molecule has 2 heterocycles. The molecule has 13 heavy (non-hydrogen) atoms. The van der Waals surface area contributed by atoms with E-state index in [-0.39, 0.29) is 6.10 Å². The van der Waals surface area contributed by atoms with Crippen molar-refractivity contribution in [2.75, 3.05) is 13.1 Å². The van der Waals surface area contributed by atoms with Crippen molar-refractivity contribution in [1.82, 2.24) is 15.3 Å². The zero-order valence-corrected chi connectivity index (χ0v) is 7.79. The summed E-state index contributed by atoms with van der Waals surface area (Å²) in [4.78, 5) is 7.90. The predicted octanol–water partition coefficient (Wildman–Crippen LogP) is 0.871. The van der Waals surface area contributed by atoms with Crippen molar-refractivity contribution in [3.63, 3.8) is 0 Å². The third-order valence-corrected chi connectivity index (χ3v) is 2.08. The quantitative estimate of drug-likeness (QED) is 0.768. The van der Waals surface area contributed by atoms with Crippen LogP contribution in [0.5, 0.6) is 6.01 Å². The van der Waals surface area contributed by atoms with Gasteiger partial charge in [0.15, 0.2) is 0 Å². The monoisotopic (exact) mass is 199 g/mol. The smallest absolute Gasteiger partial charge is 0.316 e. The van der Waals surface area contributed by atoms with Crippen molar-refractivity contribution in [3.05, 3.63) is 17.4 Å². The lowest BCUT2D eigenvalue weighted by Gasteiger charge is -2.09. The number of aromatic nitrogens is 2. The SMILES string of the molecule is Clc1cnc(O[C@H]2CCNC2)nc1. The summed E-state index contributed by atoms with van der Waals surface area (Å²) in [6.07, 6.45) is 4.27. The van der Waals surface area contributed by atoms with Gasteiger partial charge < -0.3 is 10.1 Å². The van der Waals surface area contributed by atoms with Gasteiger partial charge in [0, 0.05) is 6.54 Å². The molecule has 0 spiro atoms. The van der Waals surface area contributed by atoms with Gasteiger partial charge in [-0.15, -0.1) is 0 Å². The lowest BCUT2D eigenvalue weighted by Crippen LogP contribution is -2.20. The number of rotatable bonds is 2. The van der Waals surface area contributed by atoms with Gasteiger partial charge in [-0.3, -0.25) is 0 Å². The summed E-state index contributed by atoms with van der Waals surface area (Å²) in [6.45, 7) is 1.87. The summed E-state index contributed by atoms with van der Waals surface area (Å²) >= 11 is 5.64. The van der Waals surface area contributed by atoms with Crippen molar-refractivity contribution in [2.45, 2.75) is 12.5 Å². The van der Waals surface area contributed by atoms with Gasteiger partial charge in [0.25, 0.3) is 0 Å². The maximum absolute atomic E-state index is 5.64. The van der Waals surface area contributed by atoms with E-state index in [9.17, 15) is 0 Å². The van der Waals surface area contributed by atoms with Crippen LogP contribution in [0.3, 0.4) is 0 Å². The van der Waals surface area contributed by atoms with Gasteiger partial charge in [0.2, 0.25) is 0 Å². The molecule has 5 heteroatoms. The molecule has 2 rings (SSSR count). The van der Waals surface area contributed by atoms with E-state index in [2.05, 4.69) is 15.3 Å². The third kappa shape index (κ3) is 2.29. The average molecular weight is 200 g/mol. The average Bonchev–Trinajstić information content (AvgIpc) is 2.62. The van der Waals surface area contributed by atoms with Gasteiger partial charge in [0.05, 0.1) is 17.4 Å². The first-order valence-electron chi connectivity index (χ1n) is 4.19. The molecule has 1 fully saturated rings. The molecule has 1 atom stereocenters. The van der Waals surface area contributed by atoms with E-state index >= 15 is 0 Å². The van der Waals surface area contributed by atoms with Crippen LogP contribution in [-0.4, -0.2) is 29.2 Å². The number of nitrogens with one attached hydrogen (secondary N) is 1. The van der Waals surface area contributed by atoms with Crippen LogP contribution < -0.4 is 10.1 Å². The van der Waals surface area contributed by atoms with Crippen LogP contribution in [0.25, 0.3) is 0 Å². The first kappa shape index (κ1) is 8.72. The Balaban J connectivity index is 1.97. The molecule has 0 aromatic carbocycles. The van der Waals surface area contributed by atoms with Gasteiger partial charge in [-0.25, -0.2) is 9.97 Å². The minimum atomic E-state index is 0.196. The van der Waals surface area contributed by atoms with Crippen LogP contribution in [0.4, 0.5) is 0 Å². The third-order valence-electron chi connectivity index (χ3n) is 1.88. The zero-order valence-electron chi connectivity index (χ0n) is 7.03. The van der Waals surface area contributed by atoms with E-state index in [4.69, 9.17) is 16.3 Å². The molecule has 1 aromatic rings. The standard InChI is InChI=1S/C8H10ClN3O/c9-6-3-11-8(12-4-6)13-7-1-2-10-5-7/h3-4,7,10H,1-2,5H2/t7-/m0/s1. The molecular formula is C8H10ClN3O. The Bertz CT molecular complexity index is 271. The topological polar surface area (TPSA) is 47.0 Å². The first-order valence-corrected chi connectivity index (χ1v) is 4.57. The minimum Gasteiger partial charge on any atom is -0.459 e. The molecule has 4 nitrogen and oxygen atoms in total. The zero-order chi connectivity index (χ0) is 9.10. The first-order chi connectivity index (χ1) is 6.34. The highest BCUT2D eigenvalue weighted by molar-refractivity contribution is 6.30. The summed E-state index contributed by atoms with van der Waals surface area (Å²) in [5.74, 6) is 0. The number of halogens is 1. The van der Waals surface area contributed by atoms with Gasteiger partial charge in [-0.05, 0) is 13.0 Å². The summed E-state index contributed by atoms with van der Waals surface area (Å²) < 4.78 is 5.49. The second-order valence-corrected chi connectivity index (χ2v) is 3.35. The predicted molar refractivity (Wildman–Crippen MR) is 48.9 cm³/mol. The second-order valence-electron chi connectivity index (χ2n) is 2.92. The summed E-state index contributed by atoms with van der Waals surface area (Å²) in [7, 11) is 0. The van der Waals surface area contributed by atoms with Gasteiger partial charge in [-0.2, -0.15) is 0 Å². The van der Waals surface area contributed by atoms with E-state index < -0.39 is 0 Å². The molecule has 0 unspecified atom stereocenters. The maximum Gasteiger partial charge on any atom is 0.316 e. The molecule has 0 amide bonds. The van der Waals surface area contributed by atoms with E-state index in [1.807, 2.05) is 0 Å². The number of hydrogen-bond acceptors (Lipinski definition) is 4. The largest absolute Gasteiger partial charge is 0.459 e. The fourth-order valence-corrected chi connectivity index (χ4v) is 1.34.